The fraction of sp³-hybridized carbons (Fsp3) is 0.647. The molecule has 23 heavy (non-hydrogen) atoms. The van der Waals surface area contributed by atoms with Gasteiger partial charge in [0.05, 0.1) is 9.67 Å². The molecule has 2 saturated heterocycles. The number of hydrogen-bond acceptors (Lipinski definition) is 4. The highest BCUT2D eigenvalue weighted by atomic mass is 127. The van der Waals surface area contributed by atoms with Crippen molar-refractivity contribution in [2.24, 2.45) is 0 Å². The van der Waals surface area contributed by atoms with Crippen LogP contribution >= 0.6 is 34.2 Å². The summed E-state index contributed by atoms with van der Waals surface area (Å²) in [4.78, 5) is 4.95. The van der Waals surface area contributed by atoms with Crippen LogP contribution in [0.3, 0.4) is 0 Å². The molecule has 0 saturated carbocycles. The minimum atomic E-state index is -0.0976. The average Bonchev–Trinajstić information content (AvgIpc) is 2.54. The third kappa shape index (κ3) is 4.51. The number of hydrogen-bond donors (Lipinski definition) is 2. The predicted molar refractivity (Wildman–Crippen MR) is 101 cm³/mol. The van der Waals surface area contributed by atoms with Crippen LogP contribution in [0.4, 0.5) is 0 Å². The standard InChI is InChI=1S/C17H24ClIN2O2/c18-13-9-12(17(23)16(19)10-13)11-20-5-1-14(2-6-20)21-7-3-15(22)4-8-21/h9-10,14-15,22-23H,1-8,11H2. The average molecular weight is 451 g/mol. The van der Waals surface area contributed by atoms with Gasteiger partial charge in [0.1, 0.15) is 5.75 Å². The smallest absolute Gasteiger partial charge is 0.133 e. The lowest BCUT2D eigenvalue weighted by Crippen LogP contribution is -2.48. The Morgan fingerprint density at radius 1 is 1.09 bits per heavy atom. The lowest BCUT2D eigenvalue weighted by molar-refractivity contribution is 0.0375. The van der Waals surface area contributed by atoms with E-state index < -0.39 is 0 Å². The van der Waals surface area contributed by atoms with E-state index in [1.807, 2.05) is 6.07 Å². The van der Waals surface area contributed by atoms with E-state index in [2.05, 4.69) is 32.4 Å². The van der Waals surface area contributed by atoms with Gasteiger partial charge < -0.3 is 15.1 Å². The monoisotopic (exact) mass is 450 g/mol. The summed E-state index contributed by atoms with van der Waals surface area (Å²) in [6.45, 7) is 4.91. The highest BCUT2D eigenvalue weighted by Gasteiger charge is 2.27. The molecule has 0 aliphatic carbocycles. The predicted octanol–water partition coefficient (Wildman–Crippen LogP) is 3.07. The number of aromatic hydroxyl groups is 1. The molecule has 2 aliphatic rings. The zero-order valence-electron chi connectivity index (χ0n) is 13.2. The van der Waals surface area contributed by atoms with E-state index in [4.69, 9.17) is 11.6 Å². The van der Waals surface area contributed by atoms with Crippen LogP contribution in [-0.2, 0) is 6.54 Å². The largest absolute Gasteiger partial charge is 0.507 e. The van der Waals surface area contributed by atoms with Crippen molar-refractivity contribution in [1.82, 2.24) is 9.80 Å². The molecule has 1 aromatic rings. The number of rotatable bonds is 3. The van der Waals surface area contributed by atoms with Crippen molar-refractivity contribution in [3.8, 4) is 5.75 Å². The second-order valence-corrected chi connectivity index (χ2v) is 8.27. The Kier molecular flexibility index (Phi) is 6.07. The molecule has 2 N–H and O–H groups in total. The molecule has 0 unspecified atom stereocenters. The van der Waals surface area contributed by atoms with Crippen molar-refractivity contribution in [2.45, 2.75) is 44.4 Å². The number of aliphatic hydroxyl groups is 1. The molecular formula is C17H24ClIN2O2. The molecule has 128 valence electrons. The van der Waals surface area contributed by atoms with Gasteiger partial charge in [0.15, 0.2) is 0 Å². The van der Waals surface area contributed by atoms with Gasteiger partial charge in [0, 0.05) is 36.3 Å². The number of phenols is 1. The van der Waals surface area contributed by atoms with Crippen LogP contribution in [0.15, 0.2) is 12.1 Å². The Balaban J connectivity index is 1.53. The van der Waals surface area contributed by atoms with Gasteiger partial charge in [-0.2, -0.15) is 0 Å². The summed E-state index contributed by atoms with van der Waals surface area (Å²) >= 11 is 8.24. The van der Waals surface area contributed by atoms with E-state index in [0.29, 0.717) is 16.8 Å². The molecule has 0 bridgehead atoms. The number of aliphatic hydroxyl groups excluding tert-OH is 1. The van der Waals surface area contributed by atoms with Crippen molar-refractivity contribution < 1.29 is 10.2 Å². The maximum Gasteiger partial charge on any atom is 0.133 e. The lowest BCUT2D eigenvalue weighted by atomic mass is 9.98. The van der Waals surface area contributed by atoms with E-state index >= 15 is 0 Å². The summed E-state index contributed by atoms with van der Waals surface area (Å²) in [7, 11) is 0. The molecule has 2 heterocycles. The van der Waals surface area contributed by atoms with Crippen molar-refractivity contribution in [3.63, 3.8) is 0 Å². The van der Waals surface area contributed by atoms with Crippen molar-refractivity contribution in [2.75, 3.05) is 26.2 Å². The number of piperidine rings is 2. The van der Waals surface area contributed by atoms with Gasteiger partial charge in [-0.05, 0) is 73.5 Å². The zero-order chi connectivity index (χ0) is 16.4. The van der Waals surface area contributed by atoms with Crippen LogP contribution in [0.25, 0.3) is 0 Å². The first-order valence-electron chi connectivity index (χ1n) is 8.34. The quantitative estimate of drug-likeness (QED) is 0.695. The number of likely N-dealkylation sites (tertiary alicyclic amines) is 2. The Morgan fingerprint density at radius 3 is 2.39 bits per heavy atom. The molecule has 2 fully saturated rings. The second-order valence-electron chi connectivity index (χ2n) is 6.67. The van der Waals surface area contributed by atoms with Crippen LogP contribution in [0.5, 0.6) is 5.75 Å². The summed E-state index contributed by atoms with van der Waals surface area (Å²) in [5.41, 5.74) is 0.918. The van der Waals surface area contributed by atoms with Gasteiger partial charge in [-0.25, -0.2) is 0 Å². The number of benzene rings is 1. The molecule has 0 aromatic heterocycles. The highest BCUT2D eigenvalue weighted by molar-refractivity contribution is 14.1. The van der Waals surface area contributed by atoms with E-state index in [-0.39, 0.29) is 6.10 Å². The Hall–Kier alpha value is -0.0800. The summed E-state index contributed by atoms with van der Waals surface area (Å²) in [6, 6.07) is 4.31. The number of phenolic OH excluding ortho intramolecular Hbond substituents is 1. The van der Waals surface area contributed by atoms with Crippen molar-refractivity contribution in [1.29, 1.82) is 0 Å². The fourth-order valence-electron chi connectivity index (χ4n) is 3.67. The van der Waals surface area contributed by atoms with Crippen LogP contribution < -0.4 is 0 Å². The molecule has 0 atom stereocenters. The molecule has 0 amide bonds. The van der Waals surface area contributed by atoms with Crippen LogP contribution in [0, 0.1) is 3.57 Å². The molecule has 0 spiro atoms. The second kappa shape index (κ2) is 7.87. The van der Waals surface area contributed by atoms with Crippen LogP contribution in [0.1, 0.15) is 31.2 Å². The normalized spacial score (nSPS) is 22.6. The minimum absolute atomic E-state index is 0.0976. The van der Waals surface area contributed by atoms with E-state index in [1.165, 1.54) is 0 Å². The fourth-order valence-corrected chi connectivity index (χ4v) is 4.78. The van der Waals surface area contributed by atoms with E-state index in [9.17, 15) is 10.2 Å². The SMILES string of the molecule is Oc1c(I)cc(Cl)cc1CN1CCC(N2CCC(O)CC2)CC1. The minimum Gasteiger partial charge on any atom is -0.507 e. The number of nitrogens with zero attached hydrogens (tertiary/aromatic N) is 2. The van der Waals surface area contributed by atoms with Crippen LogP contribution in [-0.4, -0.2) is 58.3 Å². The van der Waals surface area contributed by atoms with Gasteiger partial charge >= 0.3 is 0 Å². The maximum atomic E-state index is 10.2. The first-order chi connectivity index (χ1) is 11.0. The topological polar surface area (TPSA) is 46.9 Å². The Labute approximate surface area is 156 Å². The van der Waals surface area contributed by atoms with Crippen molar-refractivity contribution >= 4 is 34.2 Å². The summed E-state index contributed by atoms with van der Waals surface area (Å²) in [5, 5.41) is 20.5. The summed E-state index contributed by atoms with van der Waals surface area (Å²) in [6.07, 6.45) is 4.05. The Morgan fingerprint density at radius 2 is 1.74 bits per heavy atom. The van der Waals surface area contributed by atoms with Gasteiger partial charge in [-0.15, -0.1) is 0 Å². The van der Waals surface area contributed by atoms with Crippen molar-refractivity contribution in [3.05, 3.63) is 26.3 Å². The first kappa shape index (κ1) is 17.7. The molecule has 2 aliphatic heterocycles. The van der Waals surface area contributed by atoms with Gasteiger partial charge in [-0.3, -0.25) is 4.90 Å². The van der Waals surface area contributed by atoms with Gasteiger partial charge in [-0.1, -0.05) is 11.6 Å². The van der Waals surface area contributed by atoms with Crippen LogP contribution in [0.2, 0.25) is 5.02 Å². The molecule has 3 rings (SSSR count). The molecule has 1 aromatic carbocycles. The molecule has 0 radical (unpaired) electrons. The molecular weight excluding hydrogens is 427 g/mol. The third-order valence-corrected chi connectivity index (χ3v) is 6.11. The van der Waals surface area contributed by atoms with Gasteiger partial charge in [0.25, 0.3) is 0 Å². The first-order valence-corrected chi connectivity index (χ1v) is 9.80. The Bertz CT molecular complexity index is 542. The summed E-state index contributed by atoms with van der Waals surface area (Å²) in [5.74, 6) is 0.363. The van der Waals surface area contributed by atoms with E-state index in [1.54, 1.807) is 6.07 Å². The molecule has 4 nitrogen and oxygen atoms in total. The number of halogens is 2. The molecule has 6 heteroatoms. The maximum absolute atomic E-state index is 10.2. The highest BCUT2D eigenvalue weighted by Crippen LogP contribution is 2.30. The zero-order valence-corrected chi connectivity index (χ0v) is 16.1. The van der Waals surface area contributed by atoms with E-state index in [0.717, 1.165) is 67.5 Å². The third-order valence-electron chi connectivity index (χ3n) is 5.07. The lowest BCUT2D eigenvalue weighted by Gasteiger charge is -2.41. The van der Waals surface area contributed by atoms with Gasteiger partial charge in [0.2, 0.25) is 0 Å². The summed E-state index contributed by atoms with van der Waals surface area (Å²) < 4.78 is 0.812.